The van der Waals surface area contributed by atoms with Gasteiger partial charge in [-0.15, -0.1) is 6.58 Å². The van der Waals surface area contributed by atoms with Gasteiger partial charge in [0.15, 0.2) is 11.6 Å². The third kappa shape index (κ3) is 4.59. The first-order valence-corrected chi connectivity index (χ1v) is 11.1. The fraction of sp³-hybridized carbons (Fsp3) is 0.286. The van der Waals surface area contributed by atoms with Crippen LogP contribution in [0.1, 0.15) is 44.1 Å². The third-order valence-electron chi connectivity index (χ3n) is 6.39. The molecular weight excluding hydrogens is 409 g/mol. The Bertz CT molecular complexity index is 1110. The number of hydrogen-bond donors (Lipinski definition) is 0. The lowest BCUT2D eigenvalue weighted by molar-refractivity contribution is 0.321. The molecule has 0 spiro atoms. The standard InChI is InChI=1S/C28H27F3O/c1-3-18-5-7-19(8-6-18)20-9-12-23(25(29)15-20)24-13-10-21(16-26(24)30)22-11-14-28(32-4-2)27(31)17-22/h3,9-19H,1,4-8H2,2H3. The van der Waals surface area contributed by atoms with Crippen LogP contribution in [0.15, 0.2) is 67.3 Å². The van der Waals surface area contributed by atoms with E-state index in [1.54, 1.807) is 37.3 Å². The van der Waals surface area contributed by atoms with E-state index < -0.39 is 17.5 Å². The van der Waals surface area contributed by atoms with Gasteiger partial charge >= 0.3 is 0 Å². The maximum Gasteiger partial charge on any atom is 0.165 e. The van der Waals surface area contributed by atoms with Crippen LogP contribution in [0, 0.1) is 23.4 Å². The Morgan fingerprint density at radius 1 is 0.812 bits per heavy atom. The van der Waals surface area contributed by atoms with Gasteiger partial charge in [0, 0.05) is 11.1 Å². The number of benzene rings is 3. The molecule has 0 N–H and O–H groups in total. The molecule has 1 fully saturated rings. The average molecular weight is 437 g/mol. The van der Waals surface area contributed by atoms with Crippen molar-refractivity contribution in [1.29, 1.82) is 0 Å². The predicted molar refractivity (Wildman–Crippen MR) is 123 cm³/mol. The van der Waals surface area contributed by atoms with Crippen LogP contribution in [0.5, 0.6) is 5.75 Å². The molecule has 1 aliphatic rings. The van der Waals surface area contributed by atoms with Crippen LogP contribution in [0.2, 0.25) is 0 Å². The Balaban J connectivity index is 1.57. The second-order valence-corrected chi connectivity index (χ2v) is 8.36. The van der Waals surface area contributed by atoms with E-state index in [0.717, 1.165) is 31.2 Å². The van der Waals surface area contributed by atoms with Crippen LogP contribution in [0.3, 0.4) is 0 Å². The van der Waals surface area contributed by atoms with Crippen LogP contribution in [0.25, 0.3) is 22.3 Å². The quantitative estimate of drug-likeness (QED) is 0.353. The number of allylic oxidation sites excluding steroid dienone is 1. The first kappa shape index (κ1) is 22.2. The highest BCUT2D eigenvalue weighted by Gasteiger charge is 2.22. The van der Waals surface area contributed by atoms with Crippen molar-refractivity contribution in [3.05, 3.63) is 90.3 Å². The molecule has 0 heterocycles. The van der Waals surface area contributed by atoms with Gasteiger partial charge in [-0.05, 0) is 85.4 Å². The molecule has 0 unspecified atom stereocenters. The van der Waals surface area contributed by atoms with Crippen molar-refractivity contribution in [3.8, 4) is 28.0 Å². The molecule has 1 nitrogen and oxygen atoms in total. The fourth-order valence-corrected chi connectivity index (χ4v) is 4.56. The molecule has 1 saturated carbocycles. The largest absolute Gasteiger partial charge is 0.491 e. The van der Waals surface area contributed by atoms with Gasteiger partial charge < -0.3 is 4.74 Å². The average Bonchev–Trinajstić information content (AvgIpc) is 2.81. The topological polar surface area (TPSA) is 9.23 Å². The van der Waals surface area contributed by atoms with E-state index in [0.29, 0.717) is 29.6 Å². The van der Waals surface area contributed by atoms with Crippen molar-refractivity contribution in [2.45, 2.75) is 38.5 Å². The van der Waals surface area contributed by atoms with Crippen LogP contribution in [-0.2, 0) is 0 Å². The summed E-state index contributed by atoms with van der Waals surface area (Å²) in [6.45, 7) is 6.01. The van der Waals surface area contributed by atoms with E-state index in [-0.39, 0.29) is 16.9 Å². The molecule has 0 bridgehead atoms. The summed E-state index contributed by atoms with van der Waals surface area (Å²) < 4.78 is 49.3. The summed E-state index contributed by atoms with van der Waals surface area (Å²) in [5, 5.41) is 0. The summed E-state index contributed by atoms with van der Waals surface area (Å²) in [7, 11) is 0. The summed E-state index contributed by atoms with van der Waals surface area (Å²) in [4.78, 5) is 0. The van der Waals surface area contributed by atoms with Gasteiger partial charge in [0.25, 0.3) is 0 Å². The maximum absolute atomic E-state index is 15.0. The molecule has 3 aromatic carbocycles. The summed E-state index contributed by atoms with van der Waals surface area (Å²) >= 11 is 0. The van der Waals surface area contributed by atoms with Gasteiger partial charge in [-0.1, -0.05) is 36.4 Å². The molecule has 0 aliphatic heterocycles. The maximum atomic E-state index is 15.0. The zero-order chi connectivity index (χ0) is 22.7. The van der Waals surface area contributed by atoms with Crippen LogP contribution in [0.4, 0.5) is 13.2 Å². The SMILES string of the molecule is C=CC1CCC(c2ccc(-c3ccc(-c4ccc(OCC)c(F)c4)cc3F)c(F)c2)CC1. The van der Waals surface area contributed by atoms with Crippen LogP contribution >= 0.6 is 0 Å². The van der Waals surface area contributed by atoms with Crippen molar-refractivity contribution in [3.63, 3.8) is 0 Å². The monoisotopic (exact) mass is 436 g/mol. The van der Waals surface area contributed by atoms with Gasteiger partial charge in [0.05, 0.1) is 6.61 Å². The molecule has 0 saturated heterocycles. The summed E-state index contributed by atoms with van der Waals surface area (Å²) in [5.41, 5.74) is 2.44. The molecule has 32 heavy (non-hydrogen) atoms. The van der Waals surface area contributed by atoms with E-state index >= 15 is 0 Å². The highest BCUT2D eigenvalue weighted by atomic mass is 19.1. The molecule has 0 atom stereocenters. The fourth-order valence-electron chi connectivity index (χ4n) is 4.56. The third-order valence-corrected chi connectivity index (χ3v) is 6.39. The van der Waals surface area contributed by atoms with Gasteiger partial charge in [-0.25, -0.2) is 13.2 Å². The van der Waals surface area contributed by atoms with Gasteiger partial charge in [0.1, 0.15) is 11.6 Å². The molecule has 4 heteroatoms. The Morgan fingerprint density at radius 2 is 1.41 bits per heavy atom. The Hall–Kier alpha value is -3.01. The van der Waals surface area contributed by atoms with Crippen LogP contribution < -0.4 is 4.74 Å². The molecule has 1 aliphatic carbocycles. The lowest BCUT2D eigenvalue weighted by Gasteiger charge is -2.27. The molecular formula is C28H27F3O. The van der Waals surface area contributed by atoms with E-state index in [1.807, 2.05) is 12.1 Å². The van der Waals surface area contributed by atoms with Gasteiger partial charge in [0.2, 0.25) is 0 Å². The molecule has 166 valence electrons. The number of halogens is 3. The van der Waals surface area contributed by atoms with E-state index in [1.165, 1.54) is 18.2 Å². The zero-order valence-corrected chi connectivity index (χ0v) is 18.2. The lowest BCUT2D eigenvalue weighted by atomic mass is 9.78. The Morgan fingerprint density at radius 3 is 1.97 bits per heavy atom. The number of ether oxygens (including phenoxy) is 1. The number of rotatable bonds is 6. The van der Waals surface area contributed by atoms with E-state index in [4.69, 9.17) is 4.74 Å². The lowest BCUT2D eigenvalue weighted by Crippen LogP contribution is -2.11. The van der Waals surface area contributed by atoms with E-state index in [2.05, 4.69) is 6.58 Å². The number of hydrogen-bond acceptors (Lipinski definition) is 1. The highest BCUT2D eigenvalue weighted by molar-refractivity contribution is 5.72. The predicted octanol–water partition coefficient (Wildman–Crippen LogP) is 8.30. The normalized spacial score (nSPS) is 18.4. The summed E-state index contributed by atoms with van der Waals surface area (Å²) in [6, 6.07) is 14.2. The molecule has 3 aromatic rings. The van der Waals surface area contributed by atoms with Crippen LogP contribution in [-0.4, -0.2) is 6.61 Å². The summed E-state index contributed by atoms with van der Waals surface area (Å²) in [6.07, 6.45) is 6.17. The first-order valence-electron chi connectivity index (χ1n) is 11.1. The second-order valence-electron chi connectivity index (χ2n) is 8.36. The first-order chi connectivity index (χ1) is 15.5. The zero-order valence-electron chi connectivity index (χ0n) is 18.2. The van der Waals surface area contributed by atoms with Gasteiger partial charge in [-0.2, -0.15) is 0 Å². The molecule has 0 radical (unpaired) electrons. The van der Waals surface area contributed by atoms with Crippen molar-refractivity contribution >= 4 is 0 Å². The Labute approximate surface area is 187 Å². The van der Waals surface area contributed by atoms with Crippen molar-refractivity contribution < 1.29 is 17.9 Å². The minimum absolute atomic E-state index is 0.161. The van der Waals surface area contributed by atoms with Crippen molar-refractivity contribution in [2.75, 3.05) is 6.61 Å². The van der Waals surface area contributed by atoms with Crippen molar-refractivity contribution in [2.24, 2.45) is 5.92 Å². The molecule has 0 aromatic heterocycles. The molecule has 4 rings (SSSR count). The second kappa shape index (κ2) is 9.64. The summed E-state index contributed by atoms with van der Waals surface area (Å²) in [5.74, 6) is -0.434. The molecule has 0 amide bonds. The Kier molecular flexibility index (Phi) is 6.69. The minimum Gasteiger partial charge on any atom is -0.491 e. The smallest absolute Gasteiger partial charge is 0.165 e. The van der Waals surface area contributed by atoms with Crippen molar-refractivity contribution in [1.82, 2.24) is 0 Å². The highest BCUT2D eigenvalue weighted by Crippen LogP contribution is 2.38. The van der Waals surface area contributed by atoms with E-state index in [9.17, 15) is 13.2 Å². The minimum atomic E-state index is -0.546. The van der Waals surface area contributed by atoms with Gasteiger partial charge in [-0.3, -0.25) is 0 Å².